The number of aromatic nitrogens is 1. The summed E-state index contributed by atoms with van der Waals surface area (Å²) in [5.74, 6) is 0.176. The maximum atomic E-state index is 12.1. The molecule has 0 unspecified atom stereocenters. The summed E-state index contributed by atoms with van der Waals surface area (Å²) in [6.45, 7) is 9.83. The summed E-state index contributed by atoms with van der Waals surface area (Å²) in [5.41, 5.74) is 5.88. The predicted octanol–water partition coefficient (Wildman–Crippen LogP) is 2.35. The largest absolute Gasteiger partial charge is 0.382 e. The predicted molar refractivity (Wildman–Crippen MR) is 81.9 cm³/mol. The van der Waals surface area contributed by atoms with Crippen molar-refractivity contribution in [3.05, 3.63) is 4.88 Å². The van der Waals surface area contributed by atoms with E-state index in [4.69, 9.17) is 5.73 Å². The third-order valence-corrected chi connectivity index (χ3v) is 3.70. The molecule has 1 rings (SSSR count). The number of rotatable bonds is 5. The number of nitrogen functional groups attached to an aromatic ring is 1. The van der Waals surface area contributed by atoms with Crippen LogP contribution in [-0.2, 0) is 0 Å². The van der Waals surface area contributed by atoms with Crippen LogP contribution in [0.1, 0.15) is 43.8 Å². The van der Waals surface area contributed by atoms with Crippen molar-refractivity contribution >= 4 is 28.2 Å². The lowest BCUT2D eigenvalue weighted by Gasteiger charge is -2.18. The molecule has 0 fully saturated rings. The van der Waals surface area contributed by atoms with Crippen LogP contribution in [0.5, 0.6) is 0 Å². The Labute approximate surface area is 119 Å². The van der Waals surface area contributed by atoms with Crippen LogP contribution in [-0.4, -0.2) is 31.0 Å². The van der Waals surface area contributed by atoms with Gasteiger partial charge in [0.15, 0.2) is 5.13 Å². The van der Waals surface area contributed by atoms with Crippen LogP contribution in [0.25, 0.3) is 0 Å². The standard InChI is InChI=1S/C13H24N4OS/c1-6-7-17(5)12-16-10(14)9(19-12)11(18)15-8-13(2,3)4/h6-8,14H2,1-5H3,(H,15,18). The Morgan fingerprint density at radius 2 is 2.11 bits per heavy atom. The number of nitrogens with one attached hydrogen (secondary N) is 1. The fraction of sp³-hybridized carbons (Fsp3) is 0.692. The topological polar surface area (TPSA) is 71.2 Å². The van der Waals surface area contributed by atoms with Gasteiger partial charge in [-0.05, 0) is 11.8 Å². The van der Waals surface area contributed by atoms with Crippen LogP contribution >= 0.6 is 11.3 Å². The van der Waals surface area contributed by atoms with Crippen molar-refractivity contribution in [2.24, 2.45) is 5.41 Å². The monoisotopic (exact) mass is 284 g/mol. The molecule has 108 valence electrons. The Morgan fingerprint density at radius 3 is 2.63 bits per heavy atom. The number of nitrogens with zero attached hydrogens (tertiary/aromatic N) is 2. The molecule has 0 aliphatic rings. The van der Waals surface area contributed by atoms with Gasteiger partial charge in [-0.15, -0.1) is 0 Å². The van der Waals surface area contributed by atoms with Gasteiger partial charge in [-0.25, -0.2) is 4.98 Å². The fourth-order valence-corrected chi connectivity index (χ4v) is 2.39. The number of hydrogen-bond acceptors (Lipinski definition) is 5. The number of carbonyl (C=O) groups excluding carboxylic acids is 1. The third kappa shape index (κ3) is 4.70. The Morgan fingerprint density at radius 1 is 1.47 bits per heavy atom. The first-order valence-electron chi connectivity index (χ1n) is 6.50. The molecule has 0 atom stereocenters. The van der Waals surface area contributed by atoms with E-state index in [9.17, 15) is 4.79 Å². The summed E-state index contributed by atoms with van der Waals surface area (Å²) in [6, 6.07) is 0. The molecule has 0 radical (unpaired) electrons. The molecule has 0 saturated heterocycles. The first-order chi connectivity index (χ1) is 8.74. The van der Waals surface area contributed by atoms with Gasteiger partial charge in [-0.1, -0.05) is 39.0 Å². The van der Waals surface area contributed by atoms with Gasteiger partial charge in [-0.3, -0.25) is 4.79 Å². The van der Waals surface area contributed by atoms with Gasteiger partial charge < -0.3 is 16.0 Å². The Kier molecular flexibility index (Phi) is 5.17. The normalized spacial score (nSPS) is 11.4. The zero-order valence-corrected chi connectivity index (χ0v) is 13.2. The first kappa shape index (κ1) is 15.8. The van der Waals surface area contributed by atoms with E-state index in [0.29, 0.717) is 17.2 Å². The van der Waals surface area contributed by atoms with Crippen molar-refractivity contribution in [1.29, 1.82) is 0 Å². The molecule has 0 aliphatic carbocycles. The number of hydrogen-bond donors (Lipinski definition) is 2. The highest BCUT2D eigenvalue weighted by atomic mass is 32.1. The molecule has 0 bridgehead atoms. The number of amides is 1. The Bertz CT molecular complexity index is 436. The molecule has 5 nitrogen and oxygen atoms in total. The molecular weight excluding hydrogens is 260 g/mol. The van der Waals surface area contributed by atoms with E-state index in [1.807, 2.05) is 11.9 Å². The van der Waals surface area contributed by atoms with Crippen molar-refractivity contribution in [2.75, 3.05) is 30.8 Å². The molecule has 3 N–H and O–H groups in total. The molecule has 0 aromatic carbocycles. The summed E-state index contributed by atoms with van der Waals surface area (Å²) in [6.07, 6.45) is 1.03. The maximum absolute atomic E-state index is 12.1. The summed E-state index contributed by atoms with van der Waals surface area (Å²) in [5, 5.41) is 3.69. The van der Waals surface area contributed by atoms with Gasteiger partial charge in [0.05, 0.1) is 0 Å². The average Bonchev–Trinajstić information content (AvgIpc) is 2.68. The second kappa shape index (κ2) is 6.23. The summed E-state index contributed by atoms with van der Waals surface area (Å²) in [4.78, 5) is 18.8. The molecule has 0 spiro atoms. The highest BCUT2D eigenvalue weighted by molar-refractivity contribution is 7.18. The lowest BCUT2D eigenvalue weighted by molar-refractivity contribution is 0.0944. The molecule has 0 aliphatic heterocycles. The van der Waals surface area contributed by atoms with Crippen LogP contribution in [0.3, 0.4) is 0 Å². The molecule has 1 heterocycles. The van der Waals surface area contributed by atoms with Crippen molar-refractivity contribution in [3.63, 3.8) is 0 Å². The Balaban J connectivity index is 2.75. The average molecular weight is 284 g/mol. The fourth-order valence-electron chi connectivity index (χ4n) is 1.50. The first-order valence-corrected chi connectivity index (χ1v) is 7.32. The van der Waals surface area contributed by atoms with E-state index < -0.39 is 0 Å². The quantitative estimate of drug-likeness (QED) is 0.870. The molecule has 19 heavy (non-hydrogen) atoms. The van der Waals surface area contributed by atoms with E-state index in [-0.39, 0.29) is 11.3 Å². The zero-order valence-electron chi connectivity index (χ0n) is 12.4. The van der Waals surface area contributed by atoms with Gasteiger partial charge >= 0.3 is 0 Å². The van der Waals surface area contributed by atoms with Gasteiger partial charge in [0, 0.05) is 20.1 Å². The number of anilines is 2. The van der Waals surface area contributed by atoms with E-state index in [0.717, 1.165) is 18.1 Å². The SMILES string of the molecule is CCCN(C)c1nc(N)c(C(=O)NCC(C)(C)C)s1. The Hall–Kier alpha value is -1.30. The minimum Gasteiger partial charge on any atom is -0.382 e. The molecule has 1 aromatic rings. The molecule has 1 aromatic heterocycles. The van der Waals surface area contributed by atoms with E-state index >= 15 is 0 Å². The number of nitrogens with two attached hydrogens (primary N) is 1. The molecule has 1 amide bonds. The highest BCUT2D eigenvalue weighted by Gasteiger charge is 2.19. The van der Waals surface area contributed by atoms with Gasteiger partial charge in [-0.2, -0.15) is 0 Å². The summed E-state index contributed by atoms with van der Waals surface area (Å²) in [7, 11) is 1.96. The van der Waals surface area contributed by atoms with Crippen LogP contribution in [0.15, 0.2) is 0 Å². The second-order valence-corrected chi connectivity index (χ2v) is 6.85. The lowest BCUT2D eigenvalue weighted by atomic mass is 9.97. The van der Waals surface area contributed by atoms with Gasteiger partial charge in [0.1, 0.15) is 10.7 Å². The van der Waals surface area contributed by atoms with E-state index in [2.05, 4.69) is 38.0 Å². The van der Waals surface area contributed by atoms with Crippen LogP contribution in [0.4, 0.5) is 10.9 Å². The summed E-state index contributed by atoms with van der Waals surface area (Å²) < 4.78 is 0. The van der Waals surface area contributed by atoms with Crippen molar-refractivity contribution in [3.8, 4) is 0 Å². The van der Waals surface area contributed by atoms with Gasteiger partial charge in [0.2, 0.25) is 0 Å². The lowest BCUT2D eigenvalue weighted by Crippen LogP contribution is -2.32. The van der Waals surface area contributed by atoms with Crippen molar-refractivity contribution in [2.45, 2.75) is 34.1 Å². The highest BCUT2D eigenvalue weighted by Crippen LogP contribution is 2.27. The summed E-state index contributed by atoms with van der Waals surface area (Å²) >= 11 is 1.34. The maximum Gasteiger partial charge on any atom is 0.265 e. The van der Waals surface area contributed by atoms with Crippen molar-refractivity contribution < 1.29 is 4.79 Å². The zero-order chi connectivity index (χ0) is 14.6. The second-order valence-electron chi connectivity index (χ2n) is 5.88. The molecule has 0 saturated carbocycles. The minimum absolute atomic E-state index is 0.0525. The van der Waals surface area contributed by atoms with Crippen LogP contribution in [0, 0.1) is 5.41 Å². The molecule has 6 heteroatoms. The van der Waals surface area contributed by atoms with Crippen molar-refractivity contribution in [1.82, 2.24) is 10.3 Å². The smallest absolute Gasteiger partial charge is 0.265 e. The number of carbonyl (C=O) groups is 1. The molecular formula is C13H24N4OS. The number of thiazole rings is 1. The van der Waals surface area contributed by atoms with Crippen LogP contribution in [0.2, 0.25) is 0 Å². The van der Waals surface area contributed by atoms with Crippen LogP contribution < -0.4 is 16.0 Å². The minimum atomic E-state index is -0.138. The van der Waals surface area contributed by atoms with E-state index in [1.165, 1.54) is 11.3 Å². The third-order valence-electron chi connectivity index (χ3n) is 2.51. The van der Waals surface area contributed by atoms with E-state index in [1.54, 1.807) is 0 Å². The van der Waals surface area contributed by atoms with Gasteiger partial charge in [0.25, 0.3) is 5.91 Å².